The summed E-state index contributed by atoms with van der Waals surface area (Å²) in [6.07, 6.45) is 0.880. The third kappa shape index (κ3) is 3.86. The third-order valence-corrected chi connectivity index (χ3v) is 4.09. The van der Waals surface area contributed by atoms with Crippen LogP contribution in [0.25, 0.3) is 0 Å². The summed E-state index contributed by atoms with van der Waals surface area (Å²) in [6.45, 7) is 7.93. The van der Waals surface area contributed by atoms with Crippen molar-refractivity contribution in [3.05, 3.63) is 64.2 Å². The molecule has 0 aliphatic rings. The Morgan fingerprint density at radius 1 is 1.09 bits per heavy atom. The van der Waals surface area contributed by atoms with Crippen molar-refractivity contribution in [1.82, 2.24) is 0 Å². The lowest BCUT2D eigenvalue weighted by atomic mass is 10.0. The predicted molar refractivity (Wildman–Crippen MR) is 90.8 cm³/mol. The lowest BCUT2D eigenvalue weighted by molar-refractivity contribution is 0.0747. The van der Waals surface area contributed by atoms with Gasteiger partial charge in [-0.3, -0.25) is 0 Å². The van der Waals surface area contributed by atoms with E-state index in [0.717, 1.165) is 34.4 Å². The van der Waals surface area contributed by atoms with Crippen molar-refractivity contribution >= 4 is 15.0 Å². The standard InChI is InChI=1S/C18H21O3P/c1-5-15-8-6-7-9-16(15)20-22-21-18(19)17-13(3)10-12(2)11-14(17)4/h6-11,22H,5H2,1-4H3. The van der Waals surface area contributed by atoms with E-state index in [0.29, 0.717) is 5.56 Å². The molecule has 0 amide bonds. The van der Waals surface area contributed by atoms with Gasteiger partial charge in [0.15, 0.2) is 0 Å². The van der Waals surface area contributed by atoms with Gasteiger partial charge in [-0.2, -0.15) is 0 Å². The number of aryl methyl sites for hydroxylation is 4. The van der Waals surface area contributed by atoms with Crippen molar-refractivity contribution in [2.24, 2.45) is 0 Å². The minimum atomic E-state index is -0.345. The molecule has 0 aromatic heterocycles. The molecule has 0 aliphatic carbocycles. The second kappa shape index (κ2) is 7.42. The molecule has 0 heterocycles. The Balaban J connectivity index is 2.02. The summed E-state index contributed by atoms with van der Waals surface area (Å²) >= 11 is 0. The molecule has 2 aromatic rings. The molecule has 0 N–H and O–H groups in total. The van der Waals surface area contributed by atoms with Crippen LogP contribution in [0.1, 0.15) is 39.5 Å². The van der Waals surface area contributed by atoms with Crippen LogP contribution in [0.5, 0.6) is 5.75 Å². The van der Waals surface area contributed by atoms with Crippen molar-refractivity contribution in [1.29, 1.82) is 0 Å². The van der Waals surface area contributed by atoms with Crippen LogP contribution in [0.3, 0.4) is 0 Å². The van der Waals surface area contributed by atoms with E-state index in [1.165, 1.54) is 0 Å². The fourth-order valence-electron chi connectivity index (χ4n) is 2.55. The SMILES string of the molecule is CCc1ccccc1OPOC(=O)c1c(C)cc(C)cc1C. The molecule has 116 valence electrons. The minimum absolute atomic E-state index is 0.331. The maximum Gasteiger partial charge on any atom is 0.343 e. The molecule has 1 unspecified atom stereocenters. The molecule has 2 aromatic carbocycles. The summed E-state index contributed by atoms with van der Waals surface area (Å²) in [4.78, 5) is 12.2. The van der Waals surface area contributed by atoms with Crippen molar-refractivity contribution < 1.29 is 13.8 Å². The molecule has 0 spiro atoms. The van der Waals surface area contributed by atoms with Gasteiger partial charge in [0.2, 0.25) is 0 Å². The van der Waals surface area contributed by atoms with Gasteiger partial charge in [-0.05, 0) is 49.9 Å². The van der Waals surface area contributed by atoms with Crippen LogP contribution >= 0.6 is 9.03 Å². The summed E-state index contributed by atoms with van der Waals surface area (Å²) in [5.41, 5.74) is 4.74. The van der Waals surface area contributed by atoms with E-state index in [4.69, 9.17) is 9.05 Å². The number of para-hydroxylation sites is 1. The second-order valence-electron chi connectivity index (χ2n) is 5.31. The van der Waals surface area contributed by atoms with E-state index in [9.17, 15) is 4.79 Å². The van der Waals surface area contributed by atoms with Crippen molar-refractivity contribution in [2.45, 2.75) is 34.1 Å². The summed E-state index contributed by atoms with van der Waals surface area (Å²) in [5, 5.41) is 0. The smallest absolute Gasteiger partial charge is 0.343 e. The lowest BCUT2D eigenvalue weighted by Crippen LogP contribution is -2.06. The molecule has 0 saturated carbocycles. The maximum atomic E-state index is 12.2. The van der Waals surface area contributed by atoms with Crippen LogP contribution < -0.4 is 4.52 Å². The second-order valence-corrected chi connectivity index (χ2v) is 5.88. The van der Waals surface area contributed by atoms with Gasteiger partial charge in [-0.25, -0.2) is 4.79 Å². The Kier molecular flexibility index (Phi) is 5.57. The van der Waals surface area contributed by atoms with Gasteiger partial charge in [-0.1, -0.05) is 42.8 Å². The average Bonchev–Trinajstić information content (AvgIpc) is 2.46. The zero-order valence-electron chi connectivity index (χ0n) is 13.4. The molecule has 0 radical (unpaired) electrons. The minimum Gasteiger partial charge on any atom is -0.440 e. The van der Waals surface area contributed by atoms with Crippen LogP contribution in [0.2, 0.25) is 0 Å². The topological polar surface area (TPSA) is 35.5 Å². The number of carbonyl (C=O) groups excluding carboxylic acids is 1. The van der Waals surface area contributed by atoms with E-state index in [1.54, 1.807) is 0 Å². The van der Waals surface area contributed by atoms with E-state index >= 15 is 0 Å². The molecule has 22 heavy (non-hydrogen) atoms. The third-order valence-electron chi connectivity index (χ3n) is 3.52. The Hall–Kier alpha value is -1.86. The van der Waals surface area contributed by atoms with Gasteiger partial charge in [-0.15, -0.1) is 0 Å². The van der Waals surface area contributed by atoms with Crippen LogP contribution in [0, 0.1) is 20.8 Å². The average molecular weight is 316 g/mol. The maximum absolute atomic E-state index is 12.2. The Labute approximate surface area is 133 Å². The first-order valence-corrected chi connectivity index (χ1v) is 8.13. The Morgan fingerprint density at radius 2 is 1.73 bits per heavy atom. The zero-order valence-corrected chi connectivity index (χ0v) is 14.4. The lowest BCUT2D eigenvalue weighted by Gasteiger charge is -2.12. The van der Waals surface area contributed by atoms with Gasteiger partial charge >= 0.3 is 5.97 Å². The number of hydrogen-bond acceptors (Lipinski definition) is 3. The van der Waals surface area contributed by atoms with Crippen LogP contribution in [-0.4, -0.2) is 5.97 Å². The quantitative estimate of drug-likeness (QED) is 0.735. The van der Waals surface area contributed by atoms with Gasteiger partial charge < -0.3 is 9.05 Å². The molecule has 4 heteroatoms. The fraction of sp³-hybridized carbons (Fsp3) is 0.278. The van der Waals surface area contributed by atoms with E-state index in [-0.39, 0.29) is 15.0 Å². The first kappa shape index (κ1) is 16.5. The molecule has 1 atom stereocenters. The highest BCUT2D eigenvalue weighted by Gasteiger charge is 2.15. The number of carbonyl (C=O) groups is 1. The van der Waals surface area contributed by atoms with Gasteiger partial charge in [0.05, 0.1) is 5.56 Å². The number of hydrogen-bond donors (Lipinski definition) is 0. The zero-order chi connectivity index (χ0) is 16.1. The molecule has 0 saturated heterocycles. The molecule has 0 bridgehead atoms. The summed E-state index contributed by atoms with van der Waals surface area (Å²) in [6, 6.07) is 11.8. The van der Waals surface area contributed by atoms with Gasteiger partial charge in [0, 0.05) is 0 Å². The molecule has 3 nitrogen and oxygen atoms in total. The van der Waals surface area contributed by atoms with Gasteiger partial charge in [0.1, 0.15) is 5.75 Å². The van der Waals surface area contributed by atoms with E-state index in [1.807, 2.05) is 57.2 Å². The number of rotatable bonds is 5. The Morgan fingerprint density at radius 3 is 2.36 bits per heavy atom. The van der Waals surface area contributed by atoms with Crippen molar-refractivity contribution in [2.75, 3.05) is 0 Å². The summed E-state index contributed by atoms with van der Waals surface area (Å²) < 4.78 is 10.9. The van der Waals surface area contributed by atoms with Crippen LogP contribution in [0.4, 0.5) is 0 Å². The largest absolute Gasteiger partial charge is 0.440 e. The highest BCUT2D eigenvalue weighted by Crippen LogP contribution is 2.28. The van der Waals surface area contributed by atoms with Crippen LogP contribution in [0.15, 0.2) is 36.4 Å². The van der Waals surface area contributed by atoms with E-state index < -0.39 is 0 Å². The predicted octanol–water partition coefficient (Wildman–Crippen LogP) is 4.92. The van der Waals surface area contributed by atoms with Gasteiger partial charge in [0.25, 0.3) is 9.03 Å². The monoisotopic (exact) mass is 316 g/mol. The fourth-order valence-corrected chi connectivity index (χ4v) is 3.06. The number of benzene rings is 2. The highest BCUT2D eigenvalue weighted by molar-refractivity contribution is 7.27. The first-order chi connectivity index (χ1) is 10.5. The normalized spacial score (nSPS) is 10.9. The van der Waals surface area contributed by atoms with Crippen LogP contribution in [-0.2, 0) is 10.9 Å². The molecular formula is C18H21O3P. The molecule has 0 aliphatic heterocycles. The molecule has 2 rings (SSSR count). The van der Waals surface area contributed by atoms with E-state index in [2.05, 4.69) is 6.92 Å². The molecule has 0 fully saturated rings. The summed E-state index contributed by atoms with van der Waals surface area (Å²) in [5.74, 6) is 0.441. The molecular weight excluding hydrogens is 295 g/mol. The Bertz CT molecular complexity index is 657. The van der Waals surface area contributed by atoms with Crippen molar-refractivity contribution in [3.8, 4) is 5.75 Å². The van der Waals surface area contributed by atoms with Crippen molar-refractivity contribution in [3.63, 3.8) is 0 Å². The highest BCUT2D eigenvalue weighted by atomic mass is 31.1. The summed E-state index contributed by atoms with van der Waals surface area (Å²) in [7, 11) is -0.345. The first-order valence-electron chi connectivity index (χ1n) is 7.31.